The number of amidine groups is 1. The number of nitrogens with two attached hydrogens (primary N) is 1. The number of hydrogen-bond donors (Lipinski definition) is 2. The molecule has 0 radical (unpaired) electrons. The van der Waals surface area contributed by atoms with E-state index >= 15 is 0 Å². The monoisotopic (exact) mass is 291 g/mol. The predicted octanol–water partition coefficient (Wildman–Crippen LogP) is 0.662. The molecule has 114 valence electrons. The van der Waals surface area contributed by atoms with Crippen LogP contribution < -0.4 is 5.73 Å². The van der Waals surface area contributed by atoms with Crippen molar-refractivity contribution in [2.75, 3.05) is 32.8 Å². The lowest BCUT2D eigenvalue weighted by Crippen LogP contribution is -2.48. The van der Waals surface area contributed by atoms with E-state index in [9.17, 15) is 4.79 Å². The topological polar surface area (TPSA) is 95.5 Å². The molecule has 0 aromatic carbocycles. The summed E-state index contributed by atoms with van der Waals surface area (Å²) >= 11 is 0. The van der Waals surface area contributed by atoms with Gasteiger partial charge in [-0.05, 0) is 11.6 Å². The number of pyridine rings is 1. The second-order valence-corrected chi connectivity index (χ2v) is 4.94. The number of nitrogens with zero attached hydrogens (tertiary/aromatic N) is 3. The van der Waals surface area contributed by atoms with Gasteiger partial charge in [0.05, 0.1) is 19.0 Å². The van der Waals surface area contributed by atoms with Crippen molar-refractivity contribution in [3.05, 3.63) is 30.1 Å². The van der Waals surface area contributed by atoms with Crippen molar-refractivity contribution in [2.45, 2.75) is 13.0 Å². The third-order valence-corrected chi connectivity index (χ3v) is 3.30. The summed E-state index contributed by atoms with van der Waals surface area (Å²) in [7, 11) is 0. The summed E-state index contributed by atoms with van der Waals surface area (Å²) < 4.78 is 5.27. The number of urea groups is 1. The molecular weight excluding hydrogens is 270 g/mol. The highest BCUT2D eigenvalue weighted by Gasteiger charge is 2.23. The second kappa shape index (κ2) is 7.58. The Kier molecular flexibility index (Phi) is 5.51. The van der Waals surface area contributed by atoms with Crippen LogP contribution in [-0.4, -0.2) is 59.5 Å². The van der Waals surface area contributed by atoms with E-state index < -0.39 is 0 Å². The van der Waals surface area contributed by atoms with Crippen LogP contribution in [0.15, 0.2) is 24.5 Å². The summed E-state index contributed by atoms with van der Waals surface area (Å²) in [4.78, 5) is 20.1. The molecule has 2 rings (SSSR count). The highest BCUT2D eigenvalue weighted by molar-refractivity contribution is 5.79. The molecule has 0 unspecified atom stereocenters. The Labute approximate surface area is 124 Å². The Morgan fingerprint density at radius 1 is 1.48 bits per heavy atom. The molecule has 1 fully saturated rings. The summed E-state index contributed by atoms with van der Waals surface area (Å²) in [5, 5.41) is 7.35. The van der Waals surface area contributed by atoms with Crippen molar-refractivity contribution in [1.82, 2.24) is 14.8 Å². The molecule has 21 heavy (non-hydrogen) atoms. The lowest BCUT2D eigenvalue weighted by Gasteiger charge is -2.33. The molecule has 1 aromatic heterocycles. The van der Waals surface area contributed by atoms with Crippen LogP contribution in [0.1, 0.15) is 12.0 Å². The van der Waals surface area contributed by atoms with Crippen LogP contribution in [0.5, 0.6) is 0 Å². The van der Waals surface area contributed by atoms with Gasteiger partial charge >= 0.3 is 6.03 Å². The molecular formula is C14H21N5O2. The first-order chi connectivity index (χ1) is 10.2. The molecule has 0 atom stereocenters. The van der Waals surface area contributed by atoms with Gasteiger partial charge in [-0.3, -0.25) is 10.4 Å². The molecule has 1 aromatic rings. The predicted molar refractivity (Wildman–Crippen MR) is 79.0 cm³/mol. The summed E-state index contributed by atoms with van der Waals surface area (Å²) in [5.41, 5.74) is 6.37. The number of carbonyl (C=O) groups is 1. The fraction of sp³-hybridized carbons (Fsp3) is 0.500. The number of carbonyl (C=O) groups excluding carboxylic acids is 1. The van der Waals surface area contributed by atoms with Gasteiger partial charge in [0.2, 0.25) is 0 Å². The van der Waals surface area contributed by atoms with Crippen molar-refractivity contribution in [3.8, 4) is 0 Å². The molecule has 0 saturated carbocycles. The maximum atomic E-state index is 12.6. The van der Waals surface area contributed by atoms with Crippen molar-refractivity contribution in [3.63, 3.8) is 0 Å². The average Bonchev–Trinajstić information content (AvgIpc) is 2.52. The Hall–Kier alpha value is -2.15. The molecule has 2 amide bonds. The normalized spacial score (nSPS) is 14.8. The number of aromatic nitrogens is 1. The van der Waals surface area contributed by atoms with Gasteiger partial charge in [-0.25, -0.2) is 4.79 Å². The SMILES string of the molecule is N=C(N)CCN(Cc1cccnc1)C(=O)N1CCOCC1. The van der Waals surface area contributed by atoms with Gasteiger partial charge in [-0.2, -0.15) is 0 Å². The minimum Gasteiger partial charge on any atom is -0.388 e. The fourth-order valence-corrected chi connectivity index (χ4v) is 2.16. The van der Waals surface area contributed by atoms with Gasteiger partial charge in [-0.15, -0.1) is 0 Å². The summed E-state index contributed by atoms with van der Waals surface area (Å²) in [6.45, 7) is 3.24. The number of ether oxygens (including phenoxy) is 1. The maximum absolute atomic E-state index is 12.6. The van der Waals surface area contributed by atoms with Gasteiger partial charge < -0.3 is 20.3 Å². The first-order valence-corrected chi connectivity index (χ1v) is 7.00. The van der Waals surface area contributed by atoms with Crippen LogP contribution in [0, 0.1) is 5.41 Å². The van der Waals surface area contributed by atoms with E-state index in [1.807, 2.05) is 12.1 Å². The van der Waals surface area contributed by atoms with Crippen LogP contribution >= 0.6 is 0 Å². The van der Waals surface area contributed by atoms with E-state index in [-0.39, 0.29) is 11.9 Å². The van der Waals surface area contributed by atoms with Crippen LogP contribution in [-0.2, 0) is 11.3 Å². The van der Waals surface area contributed by atoms with Crippen LogP contribution in [0.25, 0.3) is 0 Å². The lowest BCUT2D eigenvalue weighted by atomic mass is 10.2. The molecule has 1 saturated heterocycles. The largest absolute Gasteiger partial charge is 0.388 e. The average molecular weight is 291 g/mol. The molecule has 0 bridgehead atoms. The summed E-state index contributed by atoms with van der Waals surface area (Å²) in [6.07, 6.45) is 3.82. The van der Waals surface area contributed by atoms with E-state index in [0.717, 1.165) is 5.56 Å². The zero-order valence-corrected chi connectivity index (χ0v) is 12.0. The molecule has 3 N–H and O–H groups in total. The number of amides is 2. The highest BCUT2D eigenvalue weighted by atomic mass is 16.5. The molecule has 7 heteroatoms. The van der Waals surface area contributed by atoms with E-state index in [1.165, 1.54) is 0 Å². The summed E-state index contributed by atoms with van der Waals surface area (Å²) in [6, 6.07) is 3.74. The van der Waals surface area contributed by atoms with Crippen molar-refractivity contribution in [1.29, 1.82) is 5.41 Å². The standard InChI is InChI=1S/C14H21N5O2/c15-13(16)3-5-19(11-12-2-1-4-17-10-12)14(20)18-6-8-21-9-7-18/h1-2,4,10H,3,5-9,11H2,(H3,15,16). The smallest absolute Gasteiger partial charge is 0.320 e. The van der Waals surface area contributed by atoms with E-state index in [4.69, 9.17) is 15.9 Å². The molecule has 2 heterocycles. The molecule has 1 aliphatic heterocycles. The third kappa shape index (κ3) is 4.71. The van der Waals surface area contributed by atoms with Crippen molar-refractivity contribution < 1.29 is 9.53 Å². The minimum atomic E-state index is -0.0385. The van der Waals surface area contributed by atoms with E-state index in [2.05, 4.69) is 4.98 Å². The lowest BCUT2D eigenvalue weighted by molar-refractivity contribution is 0.0428. The molecule has 7 nitrogen and oxygen atoms in total. The molecule has 0 aliphatic carbocycles. The van der Waals surface area contributed by atoms with Gasteiger partial charge in [0.25, 0.3) is 0 Å². The Morgan fingerprint density at radius 2 is 2.24 bits per heavy atom. The van der Waals surface area contributed by atoms with Crippen LogP contribution in [0.4, 0.5) is 4.79 Å². The van der Waals surface area contributed by atoms with Crippen molar-refractivity contribution in [2.24, 2.45) is 5.73 Å². The number of morpholine rings is 1. The van der Waals surface area contributed by atoms with E-state index in [0.29, 0.717) is 45.8 Å². The van der Waals surface area contributed by atoms with Crippen molar-refractivity contribution >= 4 is 11.9 Å². The zero-order chi connectivity index (χ0) is 15.1. The van der Waals surface area contributed by atoms with Gasteiger partial charge in [0.15, 0.2) is 0 Å². The van der Waals surface area contributed by atoms with Gasteiger partial charge in [-0.1, -0.05) is 6.07 Å². The quantitative estimate of drug-likeness (QED) is 0.615. The number of hydrogen-bond acceptors (Lipinski definition) is 4. The maximum Gasteiger partial charge on any atom is 0.320 e. The van der Waals surface area contributed by atoms with Crippen LogP contribution in [0.2, 0.25) is 0 Å². The molecule has 0 spiro atoms. The highest BCUT2D eigenvalue weighted by Crippen LogP contribution is 2.09. The zero-order valence-electron chi connectivity index (χ0n) is 12.0. The minimum absolute atomic E-state index is 0.0385. The third-order valence-electron chi connectivity index (χ3n) is 3.30. The van der Waals surface area contributed by atoms with E-state index in [1.54, 1.807) is 22.2 Å². The number of nitrogens with one attached hydrogen (secondary N) is 1. The molecule has 1 aliphatic rings. The number of rotatable bonds is 5. The first kappa shape index (κ1) is 15.2. The second-order valence-electron chi connectivity index (χ2n) is 4.94. The first-order valence-electron chi connectivity index (χ1n) is 7.00. The van der Waals surface area contributed by atoms with Gasteiger partial charge in [0.1, 0.15) is 0 Å². The Bertz CT molecular complexity index is 474. The van der Waals surface area contributed by atoms with Gasteiger partial charge in [0, 0.05) is 45.0 Å². The van der Waals surface area contributed by atoms with Crippen LogP contribution in [0.3, 0.4) is 0 Å². The summed E-state index contributed by atoms with van der Waals surface area (Å²) in [5.74, 6) is 0.0842. The fourth-order valence-electron chi connectivity index (χ4n) is 2.16. The Balaban J connectivity index is 2.03. The Morgan fingerprint density at radius 3 is 2.86 bits per heavy atom.